The Morgan fingerprint density at radius 3 is 2.50 bits per heavy atom. The van der Waals surface area contributed by atoms with Crippen LogP contribution in [0.3, 0.4) is 0 Å². The van der Waals surface area contributed by atoms with Crippen molar-refractivity contribution in [2.75, 3.05) is 5.32 Å². The number of benzene rings is 1. The van der Waals surface area contributed by atoms with Crippen LogP contribution in [-0.2, 0) is 4.79 Å². The summed E-state index contributed by atoms with van der Waals surface area (Å²) in [6.45, 7) is 3.31. The van der Waals surface area contributed by atoms with E-state index in [-0.39, 0.29) is 11.5 Å². The zero-order valence-electron chi connectivity index (χ0n) is 9.15. The number of carboxylic acids is 1. The Kier molecular flexibility index (Phi) is 3.63. The van der Waals surface area contributed by atoms with Crippen LogP contribution in [0.2, 0.25) is 0 Å². The average Bonchev–Trinajstić information content (AvgIpc) is 2.20. The normalized spacial score (nSPS) is 11.9. The third-order valence-electron chi connectivity index (χ3n) is 2.14. The average molecular weight is 222 g/mol. The van der Waals surface area contributed by atoms with Gasteiger partial charge in [-0.25, -0.2) is 4.79 Å². The van der Waals surface area contributed by atoms with Crippen molar-refractivity contribution in [1.29, 1.82) is 0 Å². The van der Waals surface area contributed by atoms with E-state index in [0.717, 1.165) is 0 Å². The minimum Gasteiger partial charge on any atom is -0.478 e. The van der Waals surface area contributed by atoms with Gasteiger partial charge in [-0.05, 0) is 37.6 Å². The van der Waals surface area contributed by atoms with Gasteiger partial charge in [0, 0.05) is 5.69 Å². The maximum atomic E-state index is 11.3. The van der Waals surface area contributed by atoms with Gasteiger partial charge in [0.1, 0.15) is 0 Å². The van der Waals surface area contributed by atoms with Crippen LogP contribution in [0.4, 0.5) is 5.69 Å². The molecule has 0 heterocycles. The van der Waals surface area contributed by atoms with E-state index in [0.29, 0.717) is 11.3 Å². The molecule has 1 aromatic rings. The predicted octanol–water partition coefficient (Wildman–Crippen LogP) is 0.979. The minimum atomic E-state index is -0.992. The molecule has 1 atom stereocenters. The van der Waals surface area contributed by atoms with E-state index in [9.17, 15) is 9.59 Å². The highest BCUT2D eigenvalue weighted by atomic mass is 16.4. The molecular formula is C11H14N2O3. The molecule has 4 N–H and O–H groups in total. The van der Waals surface area contributed by atoms with E-state index >= 15 is 0 Å². The fourth-order valence-electron chi connectivity index (χ4n) is 1.18. The Morgan fingerprint density at radius 2 is 2.06 bits per heavy atom. The molecule has 0 saturated heterocycles. The Bertz CT molecular complexity index is 427. The van der Waals surface area contributed by atoms with Crippen molar-refractivity contribution in [1.82, 2.24) is 0 Å². The van der Waals surface area contributed by atoms with E-state index in [1.807, 2.05) is 0 Å². The molecular weight excluding hydrogens is 208 g/mol. The lowest BCUT2D eigenvalue weighted by Crippen LogP contribution is -2.32. The zero-order chi connectivity index (χ0) is 12.3. The van der Waals surface area contributed by atoms with Gasteiger partial charge in [-0.1, -0.05) is 0 Å². The molecule has 86 valence electrons. The van der Waals surface area contributed by atoms with Gasteiger partial charge in [0.25, 0.3) is 0 Å². The molecule has 0 aliphatic heterocycles. The van der Waals surface area contributed by atoms with Crippen LogP contribution in [0.25, 0.3) is 0 Å². The lowest BCUT2D eigenvalue weighted by Gasteiger charge is -2.10. The van der Waals surface area contributed by atoms with Crippen molar-refractivity contribution in [3.63, 3.8) is 0 Å². The van der Waals surface area contributed by atoms with Crippen molar-refractivity contribution >= 4 is 17.6 Å². The maximum absolute atomic E-state index is 11.3. The van der Waals surface area contributed by atoms with Crippen LogP contribution in [-0.4, -0.2) is 23.0 Å². The third-order valence-corrected chi connectivity index (χ3v) is 2.14. The smallest absolute Gasteiger partial charge is 0.335 e. The topological polar surface area (TPSA) is 92.4 Å². The molecule has 1 unspecified atom stereocenters. The fraction of sp³-hybridized carbons (Fsp3) is 0.273. The van der Waals surface area contributed by atoms with Crippen molar-refractivity contribution in [3.05, 3.63) is 29.3 Å². The predicted molar refractivity (Wildman–Crippen MR) is 60.4 cm³/mol. The van der Waals surface area contributed by atoms with E-state index in [2.05, 4.69) is 5.32 Å². The Morgan fingerprint density at radius 1 is 1.44 bits per heavy atom. The maximum Gasteiger partial charge on any atom is 0.335 e. The summed E-state index contributed by atoms with van der Waals surface area (Å²) in [7, 11) is 0. The first-order valence-corrected chi connectivity index (χ1v) is 4.82. The lowest BCUT2D eigenvalue weighted by molar-refractivity contribution is -0.117. The second-order valence-corrected chi connectivity index (χ2v) is 3.61. The molecule has 0 aromatic heterocycles. The summed E-state index contributed by atoms with van der Waals surface area (Å²) in [4.78, 5) is 22.0. The van der Waals surface area contributed by atoms with Gasteiger partial charge < -0.3 is 16.2 Å². The molecule has 0 fully saturated rings. The second-order valence-electron chi connectivity index (χ2n) is 3.61. The number of nitrogens with one attached hydrogen (secondary N) is 1. The van der Waals surface area contributed by atoms with Crippen LogP contribution < -0.4 is 11.1 Å². The first kappa shape index (κ1) is 12.2. The molecule has 5 heteroatoms. The number of hydrogen-bond acceptors (Lipinski definition) is 3. The van der Waals surface area contributed by atoms with Crippen molar-refractivity contribution in [2.45, 2.75) is 19.9 Å². The van der Waals surface area contributed by atoms with Gasteiger partial charge in [0.05, 0.1) is 11.6 Å². The summed E-state index contributed by atoms with van der Waals surface area (Å²) in [5.74, 6) is -1.29. The standard InChI is InChI=1S/C11H14N2O3/c1-6-5-8(11(15)16)3-4-9(6)13-10(14)7(2)12/h3-5,7H,12H2,1-2H3,(H,13,14)(H,15,16). The molecule has 1 rings (SSSR count). The van der Waals surface area contributed by atoms with E-state index in [1.54, 1.807) is 19.9 Å². The third kappa shape index (κ3) is 2.80. The second kappa shape index (κ2) is 4.76. The quantitative estimate of drug-likeness (QED) is 0.710. The summed E-state index contributed by atoms with van der Waals surface area (Å²) in [6.07, 6.45) is 0. The van der Waals surface area contributed by atoms with Crippen LogP contribution in [0, 0.1) is 6.92 Å². The highest BCUT2D eigenvalue weighted by Crippen LogP contribution is 2.16. The molecule has 1 aromatic carbocycles. The highest BCUT2D eigenvalue weighted by Gasteiger charge is 2.10. The molecule has 0 bridgehead atoms. The number of hydrogen-bond donors (Lipinski definition) is 3. The SMILES string of the molecule is Cc1cc(C(=O)O)ccc1NC(=O)C(C)N. The zero-order valence-corrected chi connectivity index (χ0v) is 9.15. The van der Waals surface area contributed by atoms with Crippen molar-refractivity contribution in [2.24, 2.45) is 5.73 Å². The molecule has 5 nitrogen and oxygen atoms in total. The summed E-state index contributed by atoms with van der Waals surface area (Å²) >= 11 is 0. The highest BCUT2D eigenvalue weighted by molar-refractivity contribution is 5.96. The molecule has 16 heavy (non-hydrogen) atoms. The summed E-state index contributed by atoms with van der Waals surface area (Å²) in [5.41, 5.74) is 6.86. The minimum absolute atomic E-state index is 0.191. The Labute approximate surface area is 93.3 Å². The van der Waals surface area contributed by atoms with Crippen LogP contribution in [0.1, 0.15) is 22.8 Å². The van der Waals surface area contributed by atoms with Gasteiger partial charge in [0.2, 0.25) is 5.91 Å². The molecule has 0 spiro atoms. The summed E-state index contributed by atoms with van der Waals surface area (Å²) in [5, 5.41) is 11.4. The number of carboxylic acid groups (broad SMARTS) is 1. The van der Waals surface area contributed by atoms with E-state index in [4.69, 9.17) is 10.8 Å². The van der Waals surface area contributed by atoms with Gasteiger partial charge in [-0.2, -0.15) is 0 Å². The van der Waals surface area contributed by atoms with Gasteiger partial charge in [-0.3, -0.25) is 4.79 Å². The molecule has 1 amide bonds. The molecule has 0 radical (unpaired) electrons. The molecule has 0 aliphatic carbocycles. The lowest BCUT2D eigenvalue weighted by atomic mass is 10.1. The van der Waals surface area contributed by atoms with E-state index in [1.165, 1.54) is 12.1 Å². The van der Waals surface area contributed by atoms with E-state index < -0.39 is 12.0 Å². The summed E-state index contributed by atoms with van der Waals surface area (Å²) in [6, 6.07) is 3.89. The van der Waals surface area contributed by atoms with Crippen molar-refractivity contribution < 1.29 is 14.7 Å². The van der Waals surface area contributed by atoms with Gasteiger partial charge in [0.15, 0.2) is 0 Å². The number of aryl methyl sites for hydroxylation is 1. The number of carbonyl (C=O) groups is 2. The number of carbonyl (C=O) groups excluding carboxylic acids is 1. The van der Waals surface area contributed by atoms with Crippen LogP contribution in [0.5, 0.6) is 0 Å². The largest absolute Gasteiger partial charge is 0.478 e. The molecule has 0 aliphatic rings. The fourth-order valence-corrected chi connectivity index (χ4v) is 1.18. The monoisotopic (exact) mass is 222 g/mol. The first-order chi connectivity index (χ1) is 7.41. The summed E-state index contributed by atoms with van der Waals surface area (Å²) < 4.78 is 0. The number of aromatic carboxylic acids is 1. The number of rotatable bonds is 3. The van der Waals surface area contributed by atoms with Gasteiger partial charge in [-0.15, -0.1) is 0 Å². The number of amides is 1. The first-order valence-electron chi connectivity index (χ1n) is 4.82. The van der Waals surface area contributed by atoms with Crippen molar-refractivity contribution in [3.8, 4) is 0 Å². The van der Waals surface area contributed by atoms with Gasteiger partial charge >= 0.3 is 5.97 Å². The number of anilines is 1. The molecule has 0 saturated carbocycles. The Balaban J connectivity index is 2.91. The van der Waals surface area contributed by atoms with Crippen LogP contribution >= 0.6 is 0 Å². The van der Waals surface area contributed by atoms with Crippen LogP contribution in [0.15, 0.2) is 18.2 Å². The number of nitrogens with two attached hydrogens (primary N) is 1. The Hall–Kier alpha value is -1.88.